The molecule has 2 aliphatic rings. The molecular formula is C10H17NO3. The summed E-state index contributed by atoms with van der Waals surface area (Å²) in [5.41, 5.74) is -1.07. The van der Waals surface area contributed by atoms with E-state index in [0.717, 1.165) is 12.8 Å². The molecule has 0 saturated carbocycles. The molecule has 14 heavy (non-hydrogen) atoms. The standard InChI is InChI=1S/C10H17NO3/c1-6(2)10-5-4-9(3,14-10)7(11-13)8(10)12/h6-8,12H,4-5H2,1-3H3. The van der Waals surface area contributed by atoms with E-state index in [1.54, 1.807) is 0 Å². The highest BCUT2D eigenvalue weighted by Crippen LogP contribution is 2.54. The van der Waals surface area contributed by atoms with Crippen molar-refractivity contribution in [2.45, 2.75) is 57.0 Å². The number of aliphatic hydroxyl groups is 1. The van der Waals surface area contributed by atoms with E-state index in [0.29, 0.717) is 0 Å². The average Bonchev–Trinajstić information content (AvgIpc) is 2.55. The summed E-state index contributed by atoms with van der Waals surface area (Å²) in [5, 5.41) is 13.1. The zero-order valence-electron chi connectivity index (χ0n) is 8.86. The largest absolute Gasteiger partial charge is 0.388 e. The van der Waals surface area contributed by atoms with Crippen LogP contribution < -0.4 is 0 Å². The number of aliphatic hydroxyl groups excluding tert-OH is 1. The Morgan fingerprint density at radius 1 is 1.50 bits per heavy atom. The molecule has 0 aromatic heterocycles. The first-order valence-electron chi connectivity index (χ1n) is 5.17. The quantitative estimate of drug-likeness (QED) is 0.685. The van der Waals surface area contributed by atoms with Gasteiger partial charge in [0, 0.05) is 0 Å². The molecule has 0 radical (unpaired) electrons. The highest BCUT2D eigenvalue weighted by Gasteiger charge is 2.67. The first-order chi connectivity index (χ1) is 6.46. The lowest BCUT2D eigenvalue weighted by atomic mass is 9.72. The fraction of sp³-hybridized carbons (Fsp3) is 1.00. The summed E-state index contributed by atoms with van der Waals surface area (Å²) in [4.78, 5) is 10.7. The second kappa shape index (κ2) is 2.76. The molecule has 2 rings (SSSR count). The topological polar surface area (TPSA) is 58.9 Å². The van der Waals surface area contributed by atoms with Gasteiger partial charge in [0.05, 0.1) is 11.2 Å². The van der Waals surface area contributed by atoms with Crippen LogP contribution in [0.15, 0.2) is 5.18 Å². The van der Waals surface area contributed by atoms with Gasteiger partial charge in [-0.2, -0.15) is 4.91 Å². The Kier molecular flexibility index (Phi) is 1.98. The highest BCUT2D eigenvalue weighted by atomic mass is 16.6. The molecule has 2 bridgehead atoms. The summed E-state index contributed by atoms with van der Waals surface area (Å²) in [6, 6.07) is -0.598. The fourth-order valence-electron chi connectivity index (χ4n) is 2.91. The van der Waals surface area contributed by atoms with Gasteiger partial charge in [-0.05, 0) is 25.7 Å². The predicted octanol–water partition coefficient (Wildman–Crippen LogP) is 1.46. The van der Waals surface area contributed by atoms with Gasteiger partial charge in [-0.15, -0.1) is 0 Å². The second-order valence-corrected chi connectivity index (χ2v) is 5.02. The third-order valence-corrected chi connectivity index (χ3v) is 3.95. The molecule has 4 atom stereocenters. The zero-order valence-corrected chi connectivity index (χ0v) is 8.86. The van der Waals surface area contributed by atoms with Crippen molar-refractivity contribution in [3.63, 3.8) is 0 Å². The third-order valence-electron chi connectivity index (χ3n) is 3.95. The minimum absolute atomic E-state index is 0.214. The lowest BCUT2D eigenvalue weighted by Crippen LogP contribution is -2.49. The fourth-order valence-corrected chi connectivity index (χ4v) is 2.91. The molecule has 4 nitrogen and oxygen atoms in total. The van der Waals surface area contributed by atoms with Crippen LogP contribution in [0.25, 0.3) is 0 Å². The van der Waals surface area contributed by atoms with Crippen molar-refractivity contribution in [3.05, 3.63) is 4.91 Å². The Morgan fingerprint density at radius 2 is 2.14 bits per heavy atom. The van der Waals surface area contributed by atoms with Crippen LogP contribution in [0, 0.1) is 10.8 Å². The van der Waals surface area contributed by atoms with Gasteiger partial charge in [-0.1, -0.05) is 19.0 Å². The van der Waals surface area contributed by atoms with Crippen molar-refractivity contribution < 1.29 is 9.84 Å². The van der Waals surface area contributed by atoms with Gasteiger partial charge in [0.15, 0.2) is 0 Å². The van der Waals surface area contributed by atoms with Gasteiger partial charge in [0.2, 0.25) is 0 Å². The summed E-state index contributed by atoms with van der Waals surface area (Å²) in [5.74, 6) is 0.214. The first kappa shape index (κ1) is 10.1. The second-order valence-electron chi connectivity index (χ2n) is 5.02. The van der Waals surface area contributed by atoms with E-state index in [1.807, 2.05) is 20.8 Å². The molecule has 0 aromatic carbocycles. The maximum absolute atomic E-state index is 10.7. The summed E-state index contributed by atoms with van der Waals surface area (Å²) in [7, 11) is 0. The SMILES string of the molecule is CC(C)C12CCC(C)(O1)C(N=O)C2O. The van der Waals surface area contributed by atoms with E-state index in [-0.39, 0.29) is 5.92 Å². The third kappa shape index (κ3) is 0.956. The van der Waals surface area contributed by atoms with Crippen LogP contribution >= 0.6 is 0 Å². The molecule has 4 unspecified atom stereocenters. The number of nitroso groups, excluding NO2 is 1. The van der Waals surface area contributed by atoms with Crippen molar-refractivity contribution >= 4 is 0 Å². The maximum atomic E-state index is 10.7. The maximum Gasteiger partial charge on any atom is 0.149 e. The molecular weight excluding hydrogens is 182 g/mol. The van der Waals surface area contributed by atoms with Crippen LogP contribution in [-0.4, -0.2) is 28.5 Å². The Labute approximate surface area is 83.6 Å². The van der Waals surface area contributed by atoms with Crippen LogP contribution in [0.5, 0.6) is 0 Å². The molecule has 1 N–H and O–H groups in total. The number of ether oxygens (including phenoxy) is 1. The van der Waals surface area contributed by atoms with E-state index in [1.165, 1.54) is 0 Å². The van der Waals surface area contributed by atoms with Crippen LogP contribution in [0.1, 0.15) is 33.6 Å². The Morgan fingerprint density at radius 3 is 2.50 bits per heavy atom. The summed E-state index contributed by atoms with van der Waals surface area (Å²) in [6.07, 6.45) is 0.909. The van der Waals surface area contributed by atoms with Crippen LogP contribution in [0.3, 0.4) is 0 Å². The molecule has 2 saturated heterocycles. The van der Waals surface area contributed by atoms with E-state index in [4.69, 9.17) is 4.74 Å². The minimum Gasteiger partial charge on any atom is -0.388 e. The Balaban J connectivity index is 2.37. The van der Waals surface area contributed by atoms with Gasteiger partial charge >= 0.3 is 0 Å². The van der Waals surface area contributed by atoms with Gasteiger partial charge < -0.3 is 9.84 Å². The summed E-state index contributed by atoms with van der Waals surface area (Å²) < 4.78 is 5.88. The van der Waals surface area contributed by atoms with Gasteiger partial charge in [-0.25, -0.2) is 0 Å². The molecule has 80 valence electrons. The Hall–Kier alpha value is -0.480. The van der Waals surface area contributed by atoms with Gasteiger partial charge in [0.1, 0.15) is 12.1 Å². The molecule has 4 heteroatoms. The molecule has 2 fully saturated rings. The minimum atomic E-state index is -0.737. The smallest absolute Gasteiger partial charge is 0.149 e. The van der Waals surface area contributed by atoms with Gasteiger partial charge in [-0.3, -0.25) is 0 Å². The van der Waals surface area contributed by atoms with Crippen molar-refractivity contribution in [3.8, 4) is 0 Å². The number of hydrogen-bond acceptors (Lipinski definition) is 4. The number of hydrogen-bond donors (Lipinski definition) is 1. The van der Waals surface area contributed by atoms with E-state index in [2.05, 4.69) is 5.18 Å². The molecule has 0 spiro atoms. The number of fused-ring (bicyclic) bond motifs is 2. The van der Waals surface area contributed by atoms with Crippen molar-refractivity contribution in [2.75, 3.05) is 0 Å². The molecule has 2 aliphatic heterocycles. The average molecular weight is 199 g/mol. The zero-order chi connectivity index (χ0) is 10.6. The highest BCUT2D eigenvalue weighted by molar-refractivity contribution is 5.17. The summed E-state index contributed by atoms with van der Waals surface area (Å²) >= 11 is 0. The van der Waals surface area contributed by atoms with E-state index < -0.39 is 23.3 Å². The van der Waals surface area contributed by atoms with E-state index in [9.17, 15) is 10.0 Å². The van der Waals surface area contributed by atoms with E-state index >= 15 is 0 Å². The molecule has 0 aromatic rings. The van der Waals surface area contributed by atoms with Gasteiger partial charge in [0.25, 0.3) is 0 Å². The number of rotatable bonds is 2. The van der Waals surface area contributed by atoms with Crippen molar-refractivity contribution in [1.29, 1.82) is 0 Å². The lowest BCUT2D eigenvalue weighted by molar-refractivity contribution is -0.0973. The van der Waals surface area contributed by atoms with Crippen LogP contribution in [-0.2, 0) is 4.74 Å². The lowest BCUT2D eigenvalue weighted by Gasteiger charge is -2.34. The molecule has 0 aliphatic carbocycles. The molecule has 2 heterocycles. The van der Waals surface area contributed by atoms with Crippen molar-refractivity contribution in [2.24, 2.45) is 11.1 Å². The van der Waals surface area contributed by atoms with Crippen LogP contribution in [0.4, 0.5) is 0 Å². The molecule has 0 amide bonds. The normalized spacial score (nSPS) is 51.5. The number of nitrogens with zero attached hydrogens (tertiary/aromatic N) is 1. The first-order valence-corrected chi connectivity index (χ1v) is 5.17. The predicted molar refractivity (Wildman–Crippen MR) is 51.9 cm³/mol. The Bertz CT molecular complexity index is 268. The van der Waals surface area contributed by atoms with Crippen molar-refractivity contribution in [1.82, 2.24) is 0 Å². The summed E-state index contributed by atoms with van der Waals surface area (Å²) in [6.45, 7) is 5.91. The van der Waals surface area contributed by atoms with Crippen LogP contribution in [0.2, 0.25) is 0 Å². The monoisotopic (exact) mass is 199 g/mol.